The molecule has 1 aromatic rings. The van der Waals surface area contributed by atoms with Gasteiger partial charge in [0.25, 0.3) is 0 Å². The minimum atomic E-state index is -3.62. The van der Waals surface area contributed by atoms with E-state index in [9.17, 15) is 18.0 Å². The van der Waals surface area contributed by atoms with Crippen molar-refractivity contribution in [1.82, 2.24) is 9.21 Å². The quantitative estimate of drug-likeness (QED) is 0.733. The molecule has 8 heteroatoms. The van der Waals surface area contributed by atoms with Crippen molar-refractivity contribution in [3.63, 3.8) is 0 Å². The largest absolute Gasteiger partial charge is 0.339 e. The van der Waals surface area contributed by atoms with Gasteiger partial charge in [-0.3, -0.25) is 9.59 Å². The third kappa shape index (κ3) is 4.48. The molecular weight excluding hydrogens is 390 g/mol. The van der Waals surface area contributed by atoms with Crippen LogP contribution in [-0.4, -0.2) is 55.1 Å². The van der Waals surface area contributed by atoms with Crippen molar-refractivity contribution in [2.45, 2.75) is 63.8 Å². The lowest BCUT2D eigenvalue weighted by Crippen LogP contribution is -2.35. The van der Waals surface area contributed by atoms with Gasteiger partial charge in [-0.25, -0.2) is 8.42 Å². The number of aryl methyl sites for hydroxylation is 1. The second-order valence-electron chi connectivity index (χ2n) is 7.94. The maximum absolute atomic E-state index is 12.9. The zero-order valence-electron chi connectivity index (χ0n) is 17.5. The van der Waals surface area contributed by atoms with Crippen molar-refractivity contribution in [3.05, 3.63) is 23.8 Å². The molecule has 0 unspecified atom stereocenters. The van der Waals surface area contributed by atoms with Crippen LogP contribution in [0.1, 0.15) is 51.5 Å². The van der Waals surface area contributed by atoms with Gasteiger partial charge in [-0.1, -0.05) is 32.8 Å². The molecule has 0 aromatic heterocycles. The van der Waals surface area contributed by atoms with E-state index in [2.05, 4.69) is 5.32 Å². The molecule has 0 radical (unpaired) electrons. The van der Waals surface area contributed by atoms with E-state index >= 15 is 0 Å². The Morgan fingerprint density at radius 2 is 1.86 bits per heavy atom. The average Bonchev–Trinajstić information content (AvgIpc) is 3.33. The number of benzene rings is 1. The van der Waals surface area contributed by atoms with Crippen molar-refractivity contribution in [2.24, 2.45) is 5.92 Å². The third-order valence-electron chi connectivity index (χ3n) is 6.07. The molecule has 0 spiro atoms. The fourth-order valence-electron chi connectivity index (χ4n) is 4.38. The average molecular weight is 422 g/mol. The first-order valence-corrected chi connectivity index (χ1v) is 11.9. The summed E-state index contributed by atoms with van der Waals surface area (Å²) in [5.74, 6) is -0.577. The van der Waals surface area contributed by atoms with E-state index in [0.29, 0.717) is 30.9 Å². The van der Waals surface area contributed by atoms with E-state index in [0.717, 1.165) is 25.7 Å². The molecule has 2 aliphatic rings. The third-order valence-corrected chi connectivity index (χ3v) is 8.27. The fourth-order valence-corrected chi connectivity index (χ4v) is 6.09. The van der Waals surface area contributed by atoms with Gasteiger partial charge >= 0.3 is 0 Å². The molecular formula is C21H31N3O4S. The summed E-state index contributed by atoms with van der Waals surface area (Å²) in [6, 6.07) is 5.20. The highest BCUT2D eigenvalue weighted by Gasteiger charge is 2.38. The number of sulfonamides is 1. The summed E-state index contributed by atoms with van der Waals surface area (Å²) in [7, 11) is -3.62. The maximum Gasteiger partial charge on any atom is 0.243 e. The predicted octanol–water partition coefficient (Wildman–Crippen LogP) is 2.76. The zero-order valence-corrected chi connectivity index (χ0v) is 18.3. The topological polar surface area (TPSA) is 86.8 Å². The van der Waals surface area contributed by atoms with Crippen LogP contribution in [0.3, 0.4) is 0 Å². The molecule has 7 nitrogen and oxygen atoms in total. The van der Waals surface area contributed by atoms with Crippen molar-refractivity contribution in [3.8, 4) is 0 Å². The SMILES string of the molecule is CCN(CC)S(=O)(=O)c1cc(NC(=O)[C@H]2CC(=O)N(C3CCCC3)C2)ccc1C. The Morgan fingerprint density at radius 1 is 1.21 bits per heavy atom. The Hall–Kier alpha value is -1.93. The number of nitrogens with zero attached hydrogens (tertiary/aromatic N) is 2. The molecule has 29 heavy (non-hydrogen) atoms. The summed E-state index contributed by atoms with van der Waals surface area (Å²) in [5, 5.41) is 2.83. The van der Waals surface area contributed by atoms with Crippen molar-refractivity contribution < 1.29 is 18.0 Å². The molecule has 1 heterocycles. The van der Waals surface area contributed by atoms with Gasteiger partial charge in [-0.2, -0.15) is 4.31 Å². The Kier molecular flexibility index (Phi) is 6.63. The number of carbonyl (C=O) groups excluding carboxylic acids is 2. The number of rotatable bonds is 7. The van der Waals surface area contributed by atoms with Crippen LogP contribution >= 0.6 is 0 Å². The van der Waals surface area contributed by atoms with Crippen molar-refractivity contribution in [1.29, 1.82) is 0 Å². The van der Waals surface area contributed by atoms with E-state index in [1.165, 1.54) is 10.4 Å². The summed E-state index contributed by atoms with van der Waals surface area (Å²) < 4.78 is 27.2. The van der Waals surface area contributed by atoms with Crippen LogP contribution in [0.25, 0.3) is 0 Å². The molecule has 1 aliphatic carbocycles. The highest BCUT2D eigenvalue weighted by molar-refractivity contribution is 7.89. The van der Waals surface area contributed by atoms with Crippen LogP contribution in [0.5, 0.6) is 0 Å². The molecule has 1 aromatic carbocycles. The molecule has 1 saturated carbocycles. The molecule has 1 aliphatic heterocycles. The van der Waals surface area contributed by atoms with Crippen molar-refractivity contribution >= 4 is 27.5 Å². The lowest BCUT2D eigenvalue weighted by atomic mass is 10.1. The molecule has 1 saturated heterocycles. The standard InChI is InChI=1S/C21H31N3O4S/c1-4-23(5-2)29(27,28)19-13-17(11-10-15(19)3)22-21(26)16-12-20(25)24(14-16)18-8-6-7-9-18/h10-11,13,16,18H,4-9,12,14H2,1-3H3,(H,22,26)/t16-/m0/s1. The fraction of sp³-hybridized carbons (Fsp3) is 0.619. The molecule has 160 valence electrons. The first-order chi connectivity index (χ1) is 13.8. The van der Waals surface area contributed by atoms with E-state index in [1.54, 1.807) is 32.9 Å². The number of carbonyl (C=O) groups is 2. The van der Waals surface area contributed by atoms with Gasteiger partial charge in [0.15, 0.2) is 0 Å². The zero-order chi connectivity index (χ0) is 21.2. The van der Waals surface area contributed by atoms with Crippen LogP contribution in [-0.2, 0) is 19.6 Å². The molecule has 0 bridgehead atoms. The second-order valence-corrected chi connectivity index (χ2v) is 9.85. The van der Waals surface area contributed by atoms with Crippen molar-refractivity contribution in [2.75, 3.05) is 25.0 Å². The minimum absolute atomic E-state index is 0.0470. The summed E-state index contributed by atoms with van der Waals surface area (Å²) in [4.78, 5) is 27.2. The van der Waals surface area contributed by atoms with Gasteiger partial charge in [0.05, 0.1) is 10.8 Å². The predicted molar refractivity (Wildman–Crippen MR) is 112 cm³/mol. The number of hydrogen-bond acceptors (Lipinski definition) is 4. The van der Waals surface area contributed by atoms with Gasteiger partial charge in [0.2, 0.25) is 21.8 Å². The van der Waals surface area contributed by atoms with Crippen LogP contribution in [0.4, 0.5) is 5.69 Å². The monoisotopic (exact) mass is 421 g/mol. The first kappa shape index (κ1) is 21.8. The van der Waals surface area contributed by atoms with Gasteiger partial charge < -0.3 is 10.2 Å². The number of amides is 2. The maximum atomic E-state index is 12.9. The summed E-state index contributed by atoms with van der Waals surface area (Å²) in [6.07, 6.45) is 4.53. The lowest BCUT2D eigenvalue weighted by Gasteiger charge is -2.24. The highest BCUT2D eigenvalue weighted by Crippen LogP contribution is 2.30. The van der Waals surface area contributed by atoms with E-state index in [1.807, 2.05) is 4.90 Å². The van der Waals surface area contributed by atoms with E-state index < -0.39 is 15.9 Å². The molecule has 1 N–H and O–H groups in total. The van der Waals surface area contributed by atoms with E-state index in [4.69, 9.17) is 0 Å². The Balaban J connectivity index is 1.74. The van der Waals surface area contributed by atoms with Crippen LogP contribution in [0.15, 0.2) is 23.1 Å². The Bertz CT molecular complexity index is 874. The molecule has 2 amide bonds. The van der Waals surface area contributed by atoms with Crippen LogP contribution in [0.2, 0.25) is 0 Å². The smallest absolute Gasteiger partial charge is 0.243 e. The number of anilines is 1. The van der Waals surface area contributed by atoms with Gasteiger partial charge in [-0.15, -0.1) is 0 Å². The summed E-state index contributed by atoms with van der Waals surface area (Å²) in [5.41, 5.74) is 1.08. The number of likely N-dealkylation sites (tertiary alicyclic amines) is 1. The minimum Gasteiger partial charge on any atom is -0.339 e. The van der Waals surface area contributed by atoms with E-state index in [-0.39, 0.29) is 29.2 Å². The van der Waals surface area contributed by atoms with Gasteiger partial charge in [0.1, 0.15) is 0 Å². The second kappa shape index (κ2) is 8.83. The normalized spacial score (nSPS) is 20.6. The molecule has 3 rings (SSSR count). The highest BCUT2D eigenvalue weighted by atomic mass is 32.2. The number of nitrogens with one attached hydrogen (secondary N) is 1. The Labute approximate surface area is 173 Å². The van der Waals surface area contributed by atoms with Gasteiger partial charge in [-0.05, 0) is 37.5 Å². The summed E-state index contributed by atoms with van der Waals surface area (Å²) >= 11 is 0. The number of hydrogen-bond donors (Lipinski definition) is 1. The van der Waals surface area contributed by atoms with Crippen LogP contribution < -0.4 is 5.32 Å². The Morgan fingerprint density at radius 3 is 2.48 bits per heavy atom. The van der Waals surface area contributed by atoms with Crippen LogP contribution in [0, 0.1) is 12.8 Å². The molecule has 2 fully saturated rings. The first-order valence-electron chi connectivity index (χ1n) is 10.5. The summed E-state index contributed by atoms with van der Waals surface area (Å²) in [6.45, 7) is 6.57. The molecule has 1 atom stereocenters. The van der Waals surface area contributed by atoms with Gasteiger partial charge in [0, 0.05) is 37.8 Å². The lowest BCUT2D eigenvalue weighted by molar-refractivity contribution is -0.129.